The Morgan fingerprint density at radius 1 is 1.20 bits per heavy atom. The molecule has 0 aliphatic heterocycles. The number of halogens is 3. The first-order valence-corrected chi connectivity index (χ1v) is 7.86. The minimum Gasteiger partial charge on any atom is -0.494 e. The van der Waals surface area contributed by atoms with E-state index in [1.165, 1.54) is 25.6 Å². The maximum absolute atomic E-state index is 13.0. The number of carbonyl (C=O) groups is 1. The largest absolute Gasteiger partial charge is 0.494 e. The van der Waals surface area contributed by atoms with Crippen LogP contribution in [0.15, 0.2) is 24.5 Å². The lowest BCUT2D eigenvalue weighted by Gasteiger charge is -2.14. The van der Waals surface area contributed by atoms with Gasteiger partial charge in [0.05, 0.1) is 25.5 Å². The van der Waals surface area contributed by atoms with Crippen molar-refractivity contribution in [1.82, 2.24) is 9.97 Å². The number of hydrogen-bond donors (Lipinski definition) is 0. The summed E-state index contributed by atoms with van der Waals surface area (Å²) in [5.41, 5.74) is 0.212. The fourth-order valence-electron chi connectivity index (χ4n) is 2.09. The molecular formula is C17H17ClF2N2O3. The molecule has 0 fully saturated rings. The number of hydrogen-bond acceptors (Lipinski definition) is 5. The Labute approximate surface area is 149 Å². The van der Waals surface area contributed by atoms with Crippen LogP contribution < -0.4 is 4.74 Å². The molecule has 0 amide bonds. The molecule has 0 unspecified atom stereocenters. The quantitative estimate of drug-likeness (QED) is 0.551. The molecule has 0 bridgehead atoms. The average Bonchev–Trinajstić information content (AvgIpc) is 2.58. The summed E-state index contributed by atoms with van der Waals surface area (Å²) >= 11 is 5.93. The molecule has 2 aromatic rings. The summed E-state index contributed by atoms with van der Waals surface area (Å²) in [6, 6.07) is 2.56. The minimum atomic E-state index is -2.77. The second-order valence-corrected chi connectivity index (χ2v) is 6.04. The maximum Gasteiger partial charge on any atom is 0.340 e. The number of nitrogens with zero attached hydrogens (tertiary/aromatic N) is 2. The number of aromatic nitrogens is 2. The Morgan fingerprint density at radius 2 is 1.92 bits per heavy atom. The van der Waals surface area contributed by atoms with Crippen LogP contribution in [0.5, 0.6) is 5.75 Å². The number of rotatable bonds is 6. The van der Waals surface area contributed by atoms with Gasteiger partial charge in [-0.05, 0) is 18.1 Å². The van der Waals surface area contributed by atoms with Gasteiger partial charge in [0, 0.05) is 17.3 Å². The Morgan fingerprint density at radius 3 is 2.52 bits per heavy atom. The van der Waals surface area contributed by atoms with E-state index in [0.29, 0.717) is 0 Å². The minimum absolute atomic E-state index is 0.105. The van der Waals surface area contributed by atoms with E-state index in [1.807, 2.05) is 13.8 Å². The fourth-order valence-corrected chi connectivity index (χ4v) is 2.24. The molecule has 2 heterocycles. The Kier molecular flexibility index (Phi) is 6.25. The lowest BCUT2D eigenvalue weighted by molar-refractivity contribution is 0.0459. The van der Waals surface area contributed by atoms with Crippen LogP contribution >= 0.6 is 11.6 Å². The summed E-state index contributed by atoms with van der Waals surface area (Å²) in [4.78, 5) is 19.9. The molecule has 0 N–H and O–H groups in total. The third-order valence-electron chi connectivity index (χ3n) is 3.26. The number of methoxy groups -OCH3 is 1. The highest BCUT2D eigenvalue weighted by Gasteiger charge is 2.21. The molecule has 0 atom stereocenters. The standard InChI is InChI=1S/C17H17ClF2N2O3/c1-9(2)8-25-17(23)12-6-22-15(18)5-10(12)11-4-13(16(19)20)21-7-14(11)24-3/h4-7,9,16H,8H2,1-3H3. The van der Waals surface area contributed by atoms with E-state index >= 15 is 0 Å². The van der Waals surface area contributed by atoms with Gasteiger partial charge < -0.3 is 9.47 Å². The summed E-state index contributed by atoms with van der Waals surface area (Å²) in [7, 11) is 1.38. The van der Waals surface area contributed by atoms with Crippen LogP contribution in [0.3, 0.4) is 0 Å². The summed E-state index contributed by atoms with van der Waals surface area (Å²) in [6.45, 7) is 4.01. The zero-order valence-electron chi connectivity index (χ0n) is 13.9. The molecule has 0 aromatic carbocycles. The normalized spacial score (nSPS) is 11.0. The van der Waals surface area contributed by atoms with Gasteiger partial charge in [0.2, 0.25) is 0 Å². The molecule has 0 saturated heterocycles. The smallest absolute Gasteiger partial charge is 0.340 e. The SMILES string of the molecule is COc1cnc(C(F)F)cc1-c1cc(Cl)ncc1C(=O)OCC(C)C. The van der Waals surface area contributed by atoms with E-state index in [1.54, 1.807) is 0 Å². The first-order chi connectivity index (χ1) is 11.8. The van der Waals surface area contributed by atoms with Gasteiger partial charge in [-0.1, -0.05) is 25.4 Å². The van der Waals surface area contributed by atoms with Gasteiger partial charge in [0.15, 0.2) is 0 Å². The first kappa shape index (κ1) is 19.1. The molecule has 0 radical (unpaired) electrons. The molecule has 0 spiro atoms. The second kappa shape index (κ2) is 8.20. The van der Waals surface area contributed by atoms with Gasteiger partial charge in [-0.3, -0.25) is 4.98 Å². The Hall–Kier alpha value is -2.28. The van der Waals surface area contributed by atoms with E-state index in [9.17, 15) is 13.6 Å². The van der Waals surface area contributed by atoms with Gasteiger partial charge in [0.1, 0.15) is 16.6 Å². The van der Waals surface area contributed by atoms with Crippen molar-refractivity contribution in [3.8, 4) is 16.9 Å². The van der Waals surface area contributed by atoms with Crippen LogP contribution in [0.1, 0.15) is 36.3 Å². The third kappa shape index (κ3) is 4.63. The van der Waals surface area contributed by atoms with Crippen molar-refractivity contribution in [2.45, 2.75) is 20.3 Å². The van der Waals surface area contributed by atoms with E-state index in [2.05, 4.69) is 9.97 Å². The van der Waals surface area contributed by atoms with Crippen molar-refractivity contribution in [2.75, 3.05) is 13.7 Å². The molecule has 2 rings (SSSR count). The molecular weight excluding hydrogens is 354 g/mol. The lowest BCUT2D eigenvalue weighted by atomic mass is 10.0. The molecule has 5 nitrogen and oxygen atoms in total. The molecule has 0 aliphatic carbocycles. The van der Waals surface area contributed by atoms with Crippen LogP contribution in [0.2, 0.25) is 5.15 Å². The highest BCUT2D eigenvalue weighted by molar-refractivity contribution is 6.29. The van der Waals surface area contributed by atoms with Crippen molar-refractivity contribution >= 4 is 17.6 Å². The zero-order chi connectivity index (χ0) is 18.6. The molecule has 8 heteroatoms. The number of esters is 1. The summed E-state index contributed by atoms with van der Waals surface area (Å²) in [5.74, 6) is -0.247. The molecule has 2 aromatic heterocycles. The highest BCUT2D eigenvalue weighted by atomic mass is 35.5. The topological polar surface area (TPSA) is 61.3 Å². The van der Waals surface area contributed by atoms with Crippen molar-refractivity contribution < 1.29 is 23.0 Å². The van der Waals surface area contributed by atoms with Gasteiger partial charge in [0.25, 0.3) is 6.43 Å². The molecule has 25 heavy (non-hydrogen) atoms. The van der Waals surface area contributed by atoms with Crippen LogP contribution in [0.25, 0.3) is 11.1 Å². The molecule has 134 valence electrons. The zero-order valence-corrected chi connectivity index (χ0v) is 14.7. The Bertz CT molecular complexity index is 770. The van der Waals surface area contributed by atoms with E-state index in [-0.39, 0.29) is 40.1 Å². The van der Waals surface area contributed by atoms with Crippen LogP contribution in [0, 0.1) is 5.92 Å². The van der Waals surface area contributed by atoms with E-state index in [4.69, 9.17) is 21.1 Å². The van der Waals surface area contributed by atoms with Crippen molar-refractivity contribution in [3.05, 3.63) is 40.9 Å². The van der Waals surface area contributed by atoms with Crippen molar-refractivity contribution in [2.24, 2.45) is 5.92 Å². The van der Waals surface area contributed by atoms with E-state index < -0.39 is 18.1 Å². The lowest BCUT2D eigenvalue weighted by Crippen LogP contribution is -2.12. The predicted octanol–water partition coefficient (Wildman–Crippen LogP) is 4.56. The van der Waals surface area contributed by atoms with Gasteiger partial charge >= 0.3 is 5.97 Å². The summed E-state index contributed by atoms with van der Waals surface area (Å²) < 4.78 is 36.4. The summed E-state index contributed by atoms with van der Waals surface area (Å²) in [6.07, 6.45) is -0.338. The highest BCUT2D eigenvalue weighted by Crippen LogP contribution is 2.35. The number of pyridine rings is 2. The molecule has 0 aliphatic rings. The van der Waals surface area contributed by atoms with Crippen LogP contribution in [0.4, 0.5) is 8.78 Å². The van der Waals surface area contributed by atoms with Crippen molar-refractivity contribution in [1.29, 1.82) is 0 Å². The average molecular weight is 371 g/mol. The van der Waals surface area contributed by atoms with Crippen LogP contribution in [-0.4, -0.2) is 29.7 Å². The van der Waals surface area contributed by atoms with Gasteiger partial charge in [-0.25, -0.2) is 18.6 Å². The van der Waals surface area contributed by atoms with Gasteiger partial charge in [-0.15, -0.1) is 0 Å². The maximum atomic E-state index is 13.0. The Balaban J connectivity index is 2.56. The van der Waals surface area contributed by atoms with Crippen LogP contribution in [-0.2, 0) is 4.74 Å². The fraction of sp³-hybridized carbons (Fsp3) is 0.353. The van der Waals surface area contributed by atoms with Crippen molar-refractivity contribution in [3.63, 3.8) is 0 Å². The van der Waals surface area contributed by atoms with E-state index in [0.717, 1.165) is 6.07 Å². The predicted molar refractivity (Wildman–Crippen MR) is 89.1 cm³/mol. The third-order valence-corrected chi connectivity index (χ3v) is 3.47. The first-order valence-electron chi connectivity index (χ1n) is 7.48. The number of alkyl halides is 2. The van der Waals surface area contributed by atoms with Gasteiger partial charge in [-0.2, -0.15) is 0 Å². The second-order valence-electron chi connectivity index (χ2n) is 5.66. The number of carbonyl (C=O) groups excluding carboxylic acids is 1. The summed E-state index contributed by atoms with van der Waals surface area (Å²) in [5, 5.41) is 0.105. The number of ether oxygens (including phenoxy) is 2. The monoisotopic (exact) mass is 370 g/mol. The molecule has 0 saturated carbocycles.